The molecular weight excluding hydrogens is 1750 g/mol. The molecule has 0 bridgehead atoms. The topological polar surface area (TPSA) is 368 Å². The number of aromatic nitrogens is 8. The number of ether oxygens (including phenoxy) is 5. The molecule has 4 aromatic heterocycles. The van der Waals surface area contributed by atoms with E-state index in [1.165, 1.54) is 34.4 Å². The maximum absolute atomic E-state index is 13.0. The van der Waals surface area contributed by atoms with E-state index in [4.69, 9.17) is 55.2 Å². The molecule has 4 unspecified atom stereocenters. The van der Waals surface area contributed by atoms with E-state index in [0.717, 1.165) is 113 Å². The van der Waals surface area contributed by atoms with Crippen LogP contribution in [0, 0.1) is 6.57 Å². The SMILES string of the molecule is CC(C)Oc1ccc(-c2nc(-c3cccc4c3CCC43CC(=O)N(CCO)C3)no2)cc1.CC(C)Oc1ccc(-c2nc(-c3cccc4c3CCC43CC(=O)N(CCO)C3)no2)cc1Cl.CC(C)Oc1ccc(-c2nc(-c3cccc4c3CCC43CC(=O)N(CCO)C3)no2)cc1OC(F)F.[C-]#[N+]c1cc(OC(C)C)ccc1-c1nc(-c2cccc3c2CCC32CC(=O)N(CCO)C2)no1. The number of hydrogen-bond donors (Lipinski definition) is 4. The zero-order valence-corrected chi connectivity index (χ0v) is 77.1. The first-order valence-corrected chi connectivity index (χ1v) is 46.1. The molecule has 4 amide bonds. The fraction of sp³-hybridized carbons (Fsp3) is 0.402. The summed E-state index contributed by atoms with van der Waals surface area (Å²) in [4.78, 5) is 79.2. The highest BCUT2D eigenvalue weighted by Gasteiger charge is 2.53. The number of benzene rings is 8. The molecule has 4 saturated heterocycles. The van der Waals surface area contributed by atoms with Gasteiger partial charge in [-0.3, -0.25) is 19.2 Å². The van der Waals surface area contributed by atoms with Crippen molar-refractivity contribution in [1.29, 1.82) is 0 Å². The molecule has 20 rings (SSSR count). The fourth-order valence-electron chi connectivity index (χ4n) is 20.6. The molecule has 30 nitrogen and oxygen atoms in total. The van der Waals surface area contributed by atoms with Crippen LogP contribution in [0.2, 0.25) is 5.02 Å². The van der Waals surface area contributed by atoms with Crippen molar-refractivity contribution in [1.82, 2.24) is 60.2 Å². The summed E-state index contributed by atoms with van der Waals surface area (Å²) in [5, 5.41) is 54.6. The summed E-state index contributed by atoms with van der Waals surface area (Å²) < 4.78 is 75.5. The number of fused-ring (bicyclic) bond motifs is 8. The molecule has 8 heterocycles. The molecular formula is C102H106ClF2N13O17. The molecule has 135 heavy (non-hydrogen) atoms. The maximum atomic E-state index is 13.0. The Hall–Kier alpha value is -13.3. The van der Waals surface area contributed by atoms with Crippen LogP contribution in [-0.4, -0.2) is 214 Å². The Morgan fingerprint density at radius 1 is 0.385 bits per heavy atom. The molecule has 0 radical (unpaired) electrons. The molecule has 33 heteroatoms. The average Bonchev–Trinajstić information content (AvgIpc) is 1.60. The van der Waals surface area contributed by atoms with Gasteiger partial charge in [0.2, 0.25) is 58.5 Å². The molecule has 4 atom stereocenters. The van der Waals surface area contributed by atoms with Crippen LogP contribution >= 0.6 is 11.6 Å². The van der Waals surface area contributed by atoms with Crippen LogP contribution in [0.25, 0.3) is 96.2 Å². The van der Waals surface area contributed by atoms with Crippen molar-refractivity contribution in [3.05, 3.63) is 213 Å². The predicted molar refractivity (Wildman–Crippen MR) is 495 cm³/mol. The number of halogens is 3. The van der Waals surface area contributed by atoms with Gasteiger partial charge in [-0.1, -0.05) is 111 Å². The molecule has 8 aromatic carbocycles. The highest BCUT2D eigenvalue weighted by atomic mass is 35.5. The van der Waals surface area contributed by atoms with Gasteiger partial charge in [-0.25, -0.2) is 4.85 Å². The zero-order chi connectivity index (χ0) is 94.8. The Bertz CT molecular complexity index is 6450. The van der Waals surface area contributed by atoms with Gasteiger partial charge in [0, 0.05) is 144 Å². The third-order valence-electron chi connectivity index (χ3n) is 26.4. The number of hydrogen-bond acceptors (Lipinski definition) is 25. The third-order valence-corrected chi connectivity index (χ3v) is 26.7. The molecule has 12 aromatic rings. The minimum atomic E-state index is -3.01. The van der Waals surface area contributed by atoms with Gasteiger partial charge < -0.3 is 81.8 Å². The molecule has 0 saturated carbocycles. The van der Waals surface area contributed by atoms with Crippen molar-refractivity contribution in [2.75, 3.05) is 78.8 Å². The second kappa shape index (κ2) is 39.3. The van der Waals surface area contributed by atoms with Crippen LogP contribution in [0.1, 0.15) is 151 Å². The molecule has 8 aliphatic rings. The van der Waals surface area contributed by atoms with Crippen LogP contribution in [0.4, 0.5) is 14.5 Å². The van der Waals surface area contributed by atoms with E-state index in [-0.39, 0.29) is 119 Å². The molecule has 4 aliphatic carbocycles. The summed E-state index contributed by atoms with van der Waals surface area (Å²) in [6.45, 7) is 23.8. The molecule has 702 valence electrons. The highest BCUT2D eigenvalue weighted by molar-refractivity contribution is 6.32. The van der Waals surface area contributed by atoms with Crippen LogP contribution in [0.3, 0.4) is 0 Å². The van der Waals surface area contributed by atoms with E-state index in [1.54, 1.807) is 69.8 Å². The minimum absolute atomic E-state index is 0.00814. The highest BCUT2D eigenvalue weighted by Crippen LogP contribution is 2.54. The number of nitrogens with zero attached hydrogens (tertiary/aromatic N) is 13. The Kier molecular flexibility index (Phi) is 27.2. The maximum Gasteiger partial charge on any atom is 0.387 e. The van der Waals surface area contributed by atoms with Gasteiger partial charge >= 0.3 is 6.61 Å². The number of amides is 4. The first kappa shape index (κ1) is 93.5. The van der Waals surface area contributed by atoms with Crippen molar-refractivity contribution < 1.29 is 90.2 Å². The Labute approximate surface area is 783 Å². The number of carbonyl (C=O) groups is 4. The summed E-state index contributed by atoms with van der Waals surface area (Å²) in [5.74, 6) is 5.72. The minimum Gasteiger partial charge on any atom is -0.492 e. The lowest BCUT2D eigenvalue weighted by Crippen LogP contribution is -2.32. The number of aliphatic hydroxyl groups is 4. The standard InChI is InChI=1S/C26H27F2N3O5.C26H26N4O4.C25H26ClN3O4.C25H27N3O4/c1-15(2)34-20-7-6-16(12-21(20)35-25(27)28)24-29-23(30-36-24)18-4-3-5-19-17(18)8-9-26(19)13-22(33)31(14-26)10-11-32;1-16(2)33-17-7-8-20(22(13-17)27-3)25-28-24(29-34-25)19-5-4-6-21-18(19)9-10-26(21)14-23(32)30(15-26)11-12-31;1-15(2)32-21-7-6-16(12-20(21)26)24-27-23(28-33-24)18-4-3-5-19-17(18)8-9-25(19)13-22(31)29(14-25)10-11-30;1-16(2)31-18-8-6-17(7-9-18)24-26-23(27-32-24)20-4-3-5-21-19(20)10-11-25(21)14-22(30)28(15-25)12-13-29/h3-7,12,15,25,32H,8-11,13-14H2,1-2H3;4-8,13,16,31H,9-12,14-15H2,1-2H3;3-7,12,15,30H,8-11,13-14H2,1-2H3;3-9,16,29H,10-15H2,1-2H3. The Morgan fingerprint density at radius 3 is 1.07 bits per heavy atom. The van der Waals surface area contributed by atoms with Crippen molar-refractivity contribution in [3.63, 3.8) is 0 Å². The lowest BCUT2D eigenvalue weighted by atomic mass is 9.80. The molecule has 4 fully saturated rings. The zero-order valence-electron chi connectivity index (χ0n) is 76.3. The van der Waals surface area contributed by atoms with Crippen LogP contribution < -0.4 is 23.7 Å². The quantitative estimate of drug-likeness (QED) is 0.0366. The van der Waals surface area contributed by atoms with Gasteiger partial charge in [0.25, 0.3) is 17.7 Å². The molecule has 4 aliphatic heterocycles. The molecule has 4 N–H and O–H groups in total. The van der Waals surface area contributed by atoms with Gasteiger partial charge in [-0.05, 0) is 224 Å². The first-order valence-electron chi connectivity index (χ1n) is 45.7. The lowest BCUT2D eigenvalue weighted by molar-refractivity contribution is -0.128. The predicted octanol–water partition coefficient (Wildman–Crippen LogP) is 16.2. The summed E-state index contributed by atoms with van der Waals surface area (Å²) in [6, 6.07) is 47.1. The molecule has 4 spiro atoms. The summed E-state index contributed by atoms with van der Waals surface area (Å²) in [5.41, 5.74) is 14.8. The van der Waals surface area contributed by atoms with Crippen molar-refractivity contribution >= 4 is 40.9 Å². The van der Waals surface area contributed by atoms with Gasteiger partial charge in [-0.2, -0.15) is 28.7 Å². The second-order valence-electron chi connectivity index (χ2n) is 36.7. The van der Waals surface area contributed by atoms with E-state index in [1.807, 2.05) is 126 Å². The number of aliphatic hydroxyl groups excluding tert-OH is 4. The summed E-state index contributed by atoms with van der Waals surface area (Å²) in [6.07, 6.45) is 8.58. The summed E-state index contributed by atoms with van der Waals surface area (Å²) >= 11 is 6.38. The Balaban J connectivity index is 0.000000125. The van der Waals surface area contributed by atoms with E-state index in [9.17, 15) is 48.4 Å². The number of β-amino-alcohol motifs (C(OH)–C–C–N with tert-alkyl or cyclic N) is 4. The largest absolute Gasteiger partial charge is 0.492 e. The van der Waals surface area contributed by atoms with E-state index in [0.29, 0.717) is 146 Å². The smallest absolute Gasteiger partial charge is 0.387 e. The van der Waals surface area contributed by atoms with Gasteiger partial charge in [0.05, 0.1) is 62.4 Å². The van der Waals surface area contributed by atoms with Gasteiger partial charge in [0.1, 0.15) is 17.2 Å². The van der Waals surface area contributed by atoms with Crippen molar-refractivity contribution in [2.24, 2.45) is 0 Å². The number of likely N-dealkylation sites (tertiary alicyclic amines) is 4. The van der Waals surface area contributed by atoms with Gasteiger partial charge in [-0.15, -0.1) is 0 Å². The van der Waals surface area contributed by atoms with Crippen LogP contribution in [0.15, 0.2) is 170 Å². The normalized spacial score (nSPS) is 19.4. The van der Waals surface area contributed by atoms with E-state index >= 15 is 0 Å². The number of alkyl halides is 2. The first-order chi connectivity index (χ1) is 65.1. The van der Waals surface area contributed by atoms with E-state index in [2.05, 4.69) is 68.3 Å². The second-order valence-corrected chi connectivity index (χ2v) is 37.1. The average molecular weight is 1860 g/mol. The van der Waals surface area contributed by atoms with Crippen molar-refractivity contribution in [3.8, 4) is 120 Å². The van der Waals surface area contributed by atoms with Crippen LogP contribution in [0.5, 0.6) is 28.7 Å². The number of rotatable bonds is 26. The van der Waals surface area contributed by atoms with E-state index < -0.39 is 6.61 Å². The summed E-state index contributed by atoms with van der Waals surface area (Å²) in [7, 11) is 0. The lowest BCUT2D eigenvalue weighted by Gasteiger charge is -2.24. The third kappa shape index (κ3) is 19.2. The fourth-order valence-corrected chi connectivity index (χ4v) is 20.8. The number of carbonyl (C=O) groups excluding carboxylic acids is 4. The van der Waals surface area contributed by atoms with Crippen molar-refractivity contribution in [2.45, 2.75) is 185 Å². The van der Waals surface area contributed by atoms with Crippen LogP contribution in [-0.2, 0) is 66.5 Å². The Morgan fingerprint density at radius 2 is 0.711 bits per heavy atom. The van der Waals surface area contributed by atoms with Gasteiger partial charge in [0.15, 0.2) is 11.5 Å². The monoisotopic (exact) mass is 1860 g/mol.